The third kappa shape index (κ3) is 3.09. The van der Waals surface area contributed by atoms with Crippen LogP contribution >= 0.6 is 0 Å². The number of methoxy groups -OCH3 is 1. The van der Waals surface area contributed by atoms with Gasteiger partial charge in [-0.05, 0) is 23.3 Å². The summed E-state index contributed by atoms with van der Waals surface area (Å²) in [7, 11) is 1.63. The van der Waals surface area contributed by atoms with Gasteiger partial charge >= 0.3 is 5.69 Å². The molecule has 1 N–H and O–H groups in total. The van der Waals surface area contributed by atoms with E-state index in [0.29, 0.717) is 13.0 Å². The fourth-order valence-corrected chi connectivity index (χ4v) is 2.34. The molecule has 22 heavy (non-hydrogen) atoms. The third-order valence-electron chi connectivity index (χ3n) is 3.54. The first-order chi connectivity index (χ1) is 10.8. The highest BCUT2D eigenvalue weighted by Gasteiger charge is 2.09. The fraction of sp³-hybridized carbons (Fsp3) is 0.176. The Morgan fingerprint density at radius 3 is 2.45 bits per heavy atom. The molecule has 0 aliphatic carbocycles. The largest absolute Gasteiger partial charge is 0.497 e. The molecule has 0 spiro atoms. The van der Waals surface area contributed by atoms with Crippen LogP contribution in [-0.4, -0.2) is 21.9 Å². The summed E-state index contributed by atoms with van der Waals surface area (Å²) in [5, 5.41) is 6.67. The van der Waals surface area contributed by atoms with Crippen molar-refractivity contribution < 1.29 is 4.74 Å². The summed E-state index contributed by atoms with van der Waals surface area (Å²) in [6.07, 6.45) is 0.621. The minimum atomic E-state index is -0.193. The van der Waals surface area contributed by atoms with E-state index in [9.17, 15) is 4.79 Å². The van der Waals surface area contributed by atoms with Crippen LogP contribution in [-0.2, 0) is 13.0 Å². The van der Waals surface area contributed by atoms with Crippen LogP contribution in [0.15, 0.2) is 59.4 Å². The van der Waals surface area contributed by atoms with Gasteiger partial charge in [0.15, 0.2) is 0 Å². The standard InChI is InChI=1S/C17H17N3O2/c1-22-15-9-7-14(8-10-15)12-20-16(18-19-17(20)21)11-13-5-3-2-4-6-13/h2-10H,11-12H2,1H3,(H,19,21). The van der Waals surface area contributed by atoms with Crippen LogP contribution in [0.3, 0.4) is 0 Å². The van der Waals surface area contributed by atoms with Gasteiger partial charge < -0.3 is 4.74 Å². The Morgan fingerprint density at radius 2 is 1.77 bits per heavy atom. The van der Waals surface area contributed by atoms with E-state index in [1.165, 1.54) is 0 Å². The van der Waals surface area contributed by atoms with Gasteiger partial charge in [0.05, 0.1) is 13.7 Å². The van der Waals surface area contributed by atoms with Gasteiger partial charge in [0.25, 0.3) is 0 Å². The summed E-state index contributed by atoms with van der Waals surface area (Å²) in [4.78, 5) is 12.0. The molecule has 0 bridgehead atoms. The van der Waals surface area contributed by atoms with E-state index < -0.39 is 0 Å². The number of nitrogens with one attached hydrogen (secondary N) is 1. The van der Waals surface area contributed by atoms with Crippen LogP contribution in [0.4, 0.5) is 0 Å². The van der Waals surface area contributed by atoms with Crippen molar-refractivity contribution in [2.75, 3.05) is 7.11 Å². The van der Waals surface area contributed by atoms with Crippen LogP contribution in [0, 0.1) is 0 Å². The molecule has 0 aliphatic heterocycles. The molecule has 0 aliphatic rings. The zero-order chi connectivity index (χ0) is 15.4. The first-order valence-electron chi connectivity index (χ1n) is 7.07. The molecule has 3 rings (SSSR count). The number of aromatic amines is 1. The van der Waals surface area contributed by atoms with Crippen LogP contribution < -0.4 is 10.4 Å². The molecular formula is C17H17N3O2. The van der Waals surface area contributed by atoms with Gasteiger partial charge in [0, 0.05) is 6.42 Å². The predicted octanol–water partition coefficient (Wildman–Crippen LogP) is 2.22. The molecule has 0 unspecified atom stereocenters. The van der Waals surface area contributed by atoms with E-state index in [2.05, 4.69) is 10.2 Å². The maximum absolute atomic E-state index is 12.0. The Hall–Kier alpha value is -2.82. The number of hydrogen-bond acceptors (Lipinski definition) is 3. The van der Waals surface area contributed by atoms with Crippen molar-refractivity contribution in [3.05, 3.63) is 82.0 Å². The average molecular weight is 295 g/mol. The summed E-state index contributed by atoms with van der Waals surface area (Å²) in [5.74, 6) is 1.53. The lowest BCUT2D eigenvalue weighted by atomic mass is 10.1. The second-order valence-electron chi connectivity index (χ2n) is 5.04. The number of rotatable bonds is 5. The van der Waals surface area contributed by atoms with Crippen molar-refractivity contribution in [2.24, 2.45) is 0 Å². The van der Waals surface area contributed by atoms with Crippen molar-refractivity contribution in [3.8, 4) is 5.75 Å². The summed E-state index contributed by atoms with van der Waals surface area (Å²) in [6, 6.07) is 17.7. The van der Waals surface area contributed by atoms with Gasteiger partial charge in [-0.1, -0.05) is 42.5 Å². The molecule has 1 heterocycles. The Kier molecular flexibility index (Phi) is 4.05. The summed E-state index contributed by atoms with van der Waals surface area (Å²) >= 11 is 0. The average Bonchev–Trinajstić information content (AvgIpc) is 2.90. The topological polar surface area (TPSA) is 59.9 Å². The normalized spacial score (nSPS) is 10.6. The van der Waals surface area contributed by atoms with E-state index in [4.69, 9.17) is 4.74 Å². The van der Waals surface area contributed by atoms with E-state index in [1.54, 1.807) is 11.7 Å². The zero-order valence-electron chi connectivity index (χ0n) is 12.3. The van der Waals surface area contributed by atoms with Crippen LogP contribution in [0.25, 0.3) is 0 Å². The summed E-state index contributed by atoms with van der Waals surface area (Å²) in [5.41, 5.74) is 1.96. The van der Waals surface area contributed by atoms with Crippen molar-refractivity contribution in [1.82, 2.24) is 14.8 Å². The van der Waals surface area contributed by atoms with Crippen LogP contribution in [0.1, 0.15) is 17.0 Å². The predicted molar refractivity (Wildman–Crippen MR) is 84.2 cm³/mol. The molecule has 112 valence electrons. The highest BCUT2D eigenvalue weighted by Crippen LogP contribution is 2.13. The molecule has 0 fully saturated rings. The minimum absolute atomic E-state index is 0.193. The monoisotopic (exact) mass is 295 g/mol. The molecule has 0 amide bonds. The lowest BCUT2D eigenvalue weighted by Crippen LogP contribution is -2.19. The summed E-state index contributed by atoms with van der Waals surface area (Å²) < 4.78 is 6.81. The number of H-pyrrole nitrogens is 1. The maximum atomic E-state index is 12.0. The molecular weight excluding hydrogens is 278 g/mol. The lowest BCUT2D eigenvalue weighted by Gasteiger charge is -2.07. The van der Waals surface area contributed by atoms with Crippen molar-refractivity contribution in [1.29, 1.82) is 0 Å². The zero-order valence-corrected chi connectivity index (χ0v) is 12.3. The highest BCUT2D eigenvalue weighted by atomic mass is 16.5. The molecule has 5 heteroatoms. The quantitative estimate of drug-likeness (QED) is 0.785. The van der Waals surface area contributed by atoms with Crippen LogP contribution in [0.5, 0.6) is 5.75 Å². The van der Waals surface area contributed by atoms with Crippen LogP contribution in [0.2, 0.25) is 0 Å². The SMILES string of the molecule is COc1ccc(Cn2c(Cc3ccccc3)n[nH]c2=O)cc1. The smallest absolute Gasteiger partial charge is 0.343 e. The Labute approximate surface area is 128 Å². The lowest BCUT2D eigenvalue weighted by molar-refractivity contribution is 0.414. The molecule has 0 saturated carbocycles. The first-order valence-corrected chi connectivity index (χ1v) is 7.07. The molecule has 3 aromatic rings. The minimum Gasteiger partial charge on any atom is -0.497 e. The number of ether oxygens (including phenoxy) is 1. The van der Waals surface area contributed by atoms with Crippen molar-refractivity contribution in [3.63, 3.8) is 0 Å². The number of nitrogens with zero attached hydrogens (tertiary/aromatic N) is 2. The van der Waals surface area contributed by atoms with Crippen molar-refractivity contribution in [2.45, 2.75) is 13.0 Å². The van der Waals surface area contributed by atoms with E-state index in [1.807, 2.05) is 54.6 Å². The Morgan fingerprint density at radius 1 is 1.05 bits per heavy atom. The first kappa shape index (κ1) is 14.1. The molecule has 0 atom stereocenters. The van der Waals surface area contributed by atoms with E-state index in [-0.39, 0.29) is 5.69 Å². The number of benzene rings is 2. The summed E-state index contributed by atoms with van der Waals surface area (Å²) in [6.45, 7) is 0.488. The second kappa shape index (κ2) is 6.30. The molecule has 5 nitrogen and oxygen atoms in total. The Bertz CT molecular complexity index is 789. The van der Waals surface area contributed by atoms with Gasteiger partial charge in [-0.15, -0.1) is 0 Å². The highest BCUT2D eigenvalue weighted by molar-refractivity contribution is 5.27. The molecule has 1 aromatic heterocycles. The van der Waals surface area contributed by atoms with E-state index >= 15 is 0 Å². The van der Waals surface area contributed by atoms with E-state index in [0.717, 1.165) is 22.7 Å². The fourth-order valence-electron chi connectivity index (χ4n) is 2.34. The van der Waals surface area contributed by atoms with Gasteiger partial charge in [-0.25, -0.2) is 9.89 Å². The third-order valence-corrected chi connectivity index (χ3v) is 3.54. The molecule has 0 radical (unpaired) electrons. The second-order valence-corrected chi connectivity index (χ2v) is 5.04. The van der Waals surface area contributed by atoms with Crippen molar-refractivity contribution >= 4 is 0 Å². The van der Waals surface area contributed by atoms with Gasteiger partial charge in [0.1, 0.15) is 11.6 Å². The maximum Gasteiger partial charge on any atom is 0.343 e. The number of hydrogen-bond donors (Lipinski definition) is 1. The molecule has 2 aromatic carbocycles. The van der Waals surface area contributed by atoms with Gasteiger partial charge in [-0.3, -0.25) is 4.57 Å². The number of aromatic nitrogens is 3. The molecule has 0 saturated heterocycles. The van der Waals surface area contributed by atoms with Gasteiger partial charge in [-0.2, -0.15) is 5.10 Å². The Balaban J connectivity index is 1.84. The van der Waals surface area contributed by atoms with Gasteiger partial charge in [0.2, 0.25) is 0 Å².